The summed E-state index contributed by atoms with van der Waals surface area (Å²) in [7, 11) is -3.15. The molecule has 0 saturated heterocycles. The Hall–Kier alpha value is -0.830. The van der Waals surface area contributed by atoms with Crippen LogP contribution in [0.2, 0.25) is 0 Å². The van der Waals surface area contributed by atoms with Crippen molar-refractivity contribution in [1.82, 2.24) is 10.6 Å². The van der Waals surface area contributed by atoms with Crippen LogP contribution in [0.25, 0.3) is 0 Å². The number of rotatable bonds is 11. The third-order valence-electron chi connectivity index (χ3n) is 4.12. The molecule has 0 aliphatic carbocycles. The van der Waals surface area contributed by atoms with Crippen molar-refractivity contribution in [2.45, 2.75) is 64.3 Å². The van der Waals surface area contributed by atoms with E-state index in [1.807, 2.05) is 19.1 Å². The van der Waals surface area contributed by atoms with Gasteiger partial charge in [-0.15, -0.1) is 24.0 Å². The lowest BCUT2D eigenvalue weighted by molar-refractivity contribution is 0.518. The van der Waals surface area contributed by atoms with E-state index in [-0.39, 0.29) is 24.0 Å². The van der Waals surface area contributed by atoms with Gasteiger partial charge >= 0.3 is 0 Å². The number of aliphatic imine (C=N–C) groups is 1. The standard InChI is InChI=1S/C20H35N3O2S.HI/c1-5-21-20(22-15-9-7-6-8-10-17(2)3)23-16-18-11-13-19(14-12-18)26(4,24)25;/h11-14,17H,5-10,15-16H2,1-4H3,(H2,21,22,23);1H. The predicted molar refractivity (Wildman–Crippen MR) is 126 cm³/mol. The van der Waals surface area contributed by atoms with Crippen LogP contribution in [0.15, 0.2) is 34.2 Å². The number of nitrogens with one attached hydrogen (secondary N) is 2. The molecule has 0 atom stereocenters. The second-order valence-corrected chi connectivity index (χ2v) is 9.15. The van der Waals surface area contributed by atoms with Crippen LogP contribution in [0.1, 0.15) is 58.4 Å². The highest BCUT2D eigenvalue weighted by molar-refractivity contribution is 14.0. The zero-order chi connectivity index (χ0) is 19.4. The van der Waals surface area contributed by atoms with E-state index in [9.17, 15) is 8.42 Å². The summed E-state index contributed by atoms with van der Waals surface area (Å²) in [5.41, 5.74) is 0.989. The Morgan fingerprint density at radius 1 is 1.04 bits per heavy atom. The van der Waals surface area contributed by atoms with E-state index in [1.54, 1.807) is 12.1 Å². The van der Waals surface area contributed by atoms with E-state index in [4.69, 9.17) is 0 Å². The van der Waals surface area contributed by atoms with Gasteiger partial charge in [0.15, 0.2) is 15.8 Å². The Morgan fingerprint density at radius 2 is 1.67 bits per heavy atom. The largest absolute Gasteiger partial charge is 0.357 e. The van der Waals surface area contributed by atoms with Crippen molar-refractivity contribution in [3.8, 4) is 0 Å². The van der Waals surface area contributed by atoms with Crippen LogP contribution in [0.3, 0.4) is 0 Å². The molecule has 0 aliphatic rings. The van der Waals surface area contributed by atoms with Gasteiger partial charge in [-0.05, 0) is 37.0 Å². The Morgan fingerprint density at radius 3 is 2.22 bits per heavy atom. The summed E-state index contributed by atoms with van der Waals surface area (Å²) in [4.78, 5) is 4.92. The van der Waals surface area contributed by atoms with Crippen LogP contribution in [-0.4, -0.2) is 33.7 Å². The van der Waals surface area contributed by atoms with Crippen molar-refractivity contribution in [3.05, 3.63) is 29.8 Å². The Kier molecular flexibility index (Phi) is 13.8. The molecule has 0 saturated carbocycles. The smallest absolute Gasteiger partial charge is 0.191 e. The minimum absolute atomic E-state index is 0. The SMILES string of the molecule is CCNC(=NCc1ccc(S(C)(=O)=O)cc1)NCCCCCCC(C)C.I. The van der Waals surface area contributed by atoms with Crippen molar-refractivity contribution in [2.24, 2.45) is 10.9 Å². The molecule has 0 aromatic heterocycles. The molecule has 27 heavy (non-hydrogen) atoms. The van der Waals surface area contributed by atoms with Crippen LogP contribution >= 0.6 is 24.0 Å². The maximum atomic E-state index is 11.5. The van der Waals surface area contributed by atoms with Crippen molar-refractivity contribution in [3.63, 3.8) is 0 Å². The van der Waals surface area contributed by atoms with Crippen molar-refractivity contribution in [2.75, 3.05) is 19.3 Å². The van der Waals surface area contributed by atoms with Gasteiger partial charge in [0.1, 0.15) is 0 Å². The summed E-state index contributed by atoms with van der Waals surface area (Å²) in [6, 6.07) is 6.91. The highest BCUT2D eigenvalue weighted by Gasteiger charge is 2.06. The molecule has 0 spiro atoms. The second kappa shape index (κ2) is 14.2. The first-order valence-corrected chi connectivity index (χ1v) is 11.5. The molecule has 7 heteroatoms. The summed E-state index contributed by atoms with van der Waals surface area (Å²) in [5.74, 6) is 1.61. The van der Waals surface area contributed by atoms with Gasteiger partial charge in [0.2, 0.25) is 0 Å². The molecule has 1 aromatic rings. The van der Waals surface area contributed by atoms with Crippen molar-refractivity contribution >= 4 is 39.8 Å². The molecule has 0 bridgehead atoms. The van der Waals surface area contributed by atoms with Crippen LogP contribution in [0.4, 0.5) is 0 Å². The molecule has 0 radical (unpaired) electrons. The summed E-state index contributed by atoms with van der Waals surface area (Å²) >= 11 is 0. The van der Waals surface area contributed by atoms with Crippen molar-refractivity contribution in [1.29, 1.82) is 0 Å². The zero-order valence-corrected chi connectivity index (χ0v) is 20.3. The maximum absolute atomic E-state index is 11.5. The van der Waals surface area contributed by atoms with Crippen LogP contribution in [-0.2, 0) is 16.4 Å². The van der Waals surface area contributed by atoms with Gasteiger partial charge in [-0.2, -0.15) is 0 Å². The number of guanidine groups is 1. The molecule has 0 amide bonds. The predicted octanol–water partition coefficient (Wildman–Crippen LogP) is 4.37. The number of nitrogens with zero attached hydrogens (tertiary/aromatic N) is 1. The molecule has 156 valence electrons. The number of benzene rings is 1. The number of halogens is 1. The fraction of sp³-hybridized carbons (Fsp3) is 0.650. The fourth-order valence-corrected chi connectivity index (χ4v) is 3.22. The first-order valence-electron chi connectivity index (χ1n) is 9.64. The Labute approximate surface area is 182 Å². The quantitative estimate of drug-likeness (QED) is 0.201. The first-order chi connectivity index (χ1) is 12.3. The van der Waals surface area contributed by atoms with E-state index >= 15 is 0 Å². The van der Waals surface area contributed by atoms with E-state index in [2.05, 4.69) is 29.5 Å². The Balaban J connectivity index is 0.00000676. The van der Waals surface area contributed by atoms with E-state index in [0.29, 0.717) is 11.4 Å². The van der Waals surface area contributed by atoms with Gasteiger partial charge in [0.25, 0.3) is 0 Å². The van der Waals surface area contributed by atoms with Gasteiger partial charge in [-0.25, -0.2) is 13.4 Å². The average Bonchev–Trinajstić information content (AvgIpc) is 2.58. The lowest BCUT2D eigenvalue weighted by Gasteiger charge is -2.11. The van der Waals surface area contributed by atoms with Gasteiger partial charge < -0.3 is 10.6 Å². The van der Waals surface area contributed by atoms with Crippen molar-refractivity contribution < 1.29 is 8.42 Å². The molecule has 0 unspecified atom stereocenters. The normalized spacial score (nSPS) is 12.0. The van der Waals surface area contributed by atoms with Gasteiger partial charge in [-0.3, -0.25) is 0 Å². The van der Waals surface area contributed by atoms with Gasteiger partial charge in [0, 0.05) is 19.3 Å². The summed E-state index contributed by atoms with van der Waals surface area (Å²) < 4.78 is 23.0. The second-order valence-electron chi connectivity index (χ2n) is 7.13. The monoisotopic (exact) mass is 509 g/mol. The van der Waals surface area contributed by atoms with Gasteiger partial charge in [0.05, 0.1) is 11.4 Å². The molecule has 1 rings (SSSR count). The number of sulfone groups is 1. The molecule has 1 aromatic carbocycles. The minimum Gasteiger partial charge on any atom is -0.357 e. The minimum atomic E-state index is -3.15. The molecule has 0 aliphatic heterocycles. The summed E-state index contributed by atoms with van der Waals surface area (Å²) in [5, 5.41) is 6.62. The van der Waals surface area contributed by atoms with Crippen LogP contribution in [0.5, 0.6) is 0 Å². The summed E-state index contributed by atoms with van der Waals surface area (Å²) in [6.07, 6.45) is 7.53. The molecule has 0 fully saturated rings. The number of unbranched alkanes of at least 4 members (excludes halogenated alkanes) is 3. The zero-order valence-electron chi connectivity index (χ0n) is 17.1. The van der Waals surface area contributed by atoms with Crippen LogP contribution < -0.4 is 10.6 Å². The molecule has 5 nitrogen and oxygen atoms in total. The molecular formula is C20H36IN3O2S. The Bertz CT molecular complexity index is 644. The number of hydrogen-bond donors (Lipinski definition) is 2. The molecule has 2 N–H and O–H groups in total. The fourth-order valence-electron chi connectivity index (χ4n) is 2.59. The van der Waals surface area contributed by atoms with Crippen LogP contribution in [0, 0.1) is 5.92 Å². The lowest BCUT2D eigenvalue weighted by Crippen LogP contribution is -2.37. The third kappa shape index (κ3) is 12.3. The first kappa shape index (κ1) is 26.2. The topological polar surface area (TPSA) is 70.6 Å². The molecule has 0 heterocycles. The lowest BCUT2D eigenvalue weighted by atomic mass is 10.0. The van der Waals surface area contributed by atoms with Gasteiger partial charge in [-0.1, -0.05) is 51.7 Å². The average molecular weight is 509 g/mol. The molecular weight excluding hydrogens is 473 g/mol. The van der Waals surface area contributed by atoms with E-state index in [1.165, 1.54) is 31.9 Å². The maximum Gasteiger partial charge on any atom is 0.191 e. The third-order valence-corrected chi connectivity index (χ3v) is 5.24. The highest BCUT2D eigenvalue weighted by Crippen LogP contribution is 2.11. The summed E-state index contributed by atoms with van der Waals surface area (Å²) in [6.45, 7) is 8.84. The van der Waals surface area contributed by atoms with E-state index in [0.717, 1.165) is 37.0 Å². The number of hydrogen-bond acceptors (Lipinski definition) is 3. The van der Waals surface area contributed by atoms with E-state index < -0.39 is 9.84 Å². The highest BCUT2D eigenvalue weighted by atomic mass is 127.